The summed E-state index contributed by atoms with van der Waals surface area (Å²) in [5, 5.41) is 17.7. The van der Waals surface area contributed by atoms with E-state index in [1.54, 1.807) is 11.8 Å². The number of aromatic nitrogens is 5. The fourth-order valence-corrected chi connectivity index (χ4v) is 4.38. The summed E-state index contributed by atoms with van der Waals surface area (Å²) in [6.45, 7) is 2.47. The number of methoxy groups -OCH3 is 2. The molecule has 4 aromatic rings. The summed E-state index contributed by atoms with van der Waals surface area (Å²) in [5.74, 6) is 1.58. The Morgan fingerprint density at radius 3 is 2.67 bits per heavy atom. The van der Waals surface area contributed by atoms with Gasteiger partial charge in [0.25, 0.3) is 0 Å². The molecule has 36 heavy (non-hydrogen) atoms. The van der Waals surface area contributed by atoms with Gasteiger partial charge in [-0.3, -0.25) is 4.68 Å². The number of pyridine rings is 1. The first-order chi connectivity index (χ1) is 17.6. The summed E-state index contributed by atoms with van der Waals surface area (Å²) in [5.41, 5.74) is 1.85. The van der Waals surface area contributed by atoms with Crippen LogP contribution in [0.25, 0.3) is 11.0 Å². The highest BCUT2D eigenvalue weighted by atomic mass is 19.1. The van der Waals surface area contributed by atoms with Gasteiger partial charge in [-0.2, -0.15) is 10.4 Å². The zero-order chi connectivity index (χ0) is 25.1. The van der Waals surface area contributed by atoms with Crippen LogP contribution in [0.5, 0.6) is 11.5 Å². The van der Waals surface area contributed by atoms with E-state index >= 15 is 0 Å². The lowest BCUT2D eigenvalue weighted by atomic mass is 10.1. The number of anilines is 2. The second kappa shape index (κ2) is 10.0. The van der Waals surface area contributed by atoms with Gasteiger partial charge in [0.2, 0.25) is 0 Å². The molecule has 0 unspecified atom stereocenters. The van der Waals surface area contributed by atoms with Gasteiger partial charge in [0.05, 0.1) is 37.8 Å². The lowest BCUT2D eigenvalue weighted by molar-refractivity contribution is 0.384. The lowest BCUT2D eigenvalue weighted by Crippen LogP contribution is -2.20. The largest absolute Gasteiger partial charge is 0.494 e. The molecule has 11 heteroatoms. The third-order valence-electron chi connectivity index (χ3n) is 6.20. The summed E-state index contributed by atoms with van der Waals surface area (Å²) < 4.78 is 27.2. The van der Waals surface area contributed by atoms with Crippen molar-refractivity contribution in [2.75, 3.05) is 37.5 Å². The maximum atomic E-state index is 14.8. The van der Waals surface area contributed by atoms with Crippen LogP contribution >= 0.6 is 0 Å². The minimum absolute atomic E-state index is 0.0439. The fourth-order valence-electron chi connectivity index (χ4n) is 4.38. The molecule has 184 valence electrons. The number of ether oxygens (including phenoxy) is 2. The van der Waals surface area contributed by atoms with E-state index in [2.05, 4.69) is 30.3 Å². The van der Waals surface area contributed by atoms with Crippen molar-refractivity contribution in [2.24, 2.45) is 0 Å². The van der Waals surface area contributed by atoms with Crippen LogP contribution < -0.4 is 19.7 Å². The molecule has 1 saturated heterocycles. The van der Waals surface area contributed by atoms with E-state index in [0.29, 0.717) is 23.4 Å². The van der Waals surface area contributed by atoms with Gasteiger partial charge in [-0.1, -0.05) is 0 Å². The predicted molar refractivity (Wildman–Crippen MR) is 132 cm³/mol. The number of nitrogens with zero attached hydrogens (tertiary/aromatic N) is 7. The Hall–Kier alpha value is -4.46. The Bertz CT molecular complexity index is 1440. The molecule has 4 heterocycles. The molecule has 0 bridgehead atoms. The minimum atomic E-state index is -0.580. The summed E-state index contributed by atoms with van der Waals surface area (Å²) in [6.07, 6.45) is 7.37. The van der Waals surface area contributed by atoms with Gasteiger partial charge in [0.1, 0.15) is 12.1 Å². The molecule has 10 nitrogen and oxygen atoms in total. The molecule has 1 N–H and O–H groups in total. The lowest BCUT2D eigenvalue weighted by Gasteiger charge is -2.19. The minimum Gasteiger partial charge on any atom is -0.494 e. The zero-order valence-corrected chi connectivity index (χ0v) is 20.0. The molecule has 0 spiro atoms. The van der Waals surface area contributed by atoms with E-state index in [1.165, 1.54) is 25.6 Å². The van der Waals surface area contributed by atoms with Gasteiger partial charge >= 0.3 is 0 Å². The second-order valence-electron chi connectivity index (χ2n) is 8.42. The molecule has 3 aromatic heterocycles. The molecule has 1 aliphatic rings. The van der Waals surface area contributed by atoms with Crippen molar-refractivity contribution >= 4 is 22.7 Å². The summed E-state index contributed by atoms with van der Waals surface area (Å²) in [6, 6.07) is 6.97. The van der Waals surface area contributed by atoms with E-state index in [-0.39, 0.29) is 23.4 Å². The van der Waals surface area contributed by atoms with Crippen molar-refractivity contribution in [1.82, 2.24) is 24.7 Å². The molecular formula is C25H25FN8O2. The number of benzene rings is 1. The summed E-state index contributed by atoms with van der Waals surface area (Å²) in [4.78, 5) is 15.5. The van der Waals surface area contributed by atoms with Crippen LogP contribution in [0.15, 0.2) is 36.9 Å². The maximum absolute atomic E-state index is 14.8. The van der Waals surface area contributed by atoms with Crippen LogP contribution in [0.3, 0.4) is 0 Å². The third kappa shape index (κ3) is 4.45. The van der Waals surface area contributed by atoms with Crippen LogP contribution in [0.2, 0.25) is 0 Å². The van der Waals surface area contributed by atoms with Gasteiger partial charge in [0.15, 0.2) is 28.8 Å². The quantitative estimate of drug-likeness (QED) is 0.398. The van der Waals surface area contributed by atoms with E-state index in [4.69, 9.17) is 9.47 Å². The van der Waals surface area contributed by atoms with Crippen LogP contribution in [-0.2, 0) is 13.1 Å². The van der Waals surface area contributed by atoms with Crippen LogP contribution in [0, 0.1) is 17.1 Å². The SMILES string of the molecule is COc1cc(Cn2cc3c(NCc4c(C#N)ccc(OC)c4F)ncnc3n2)cnc1N1CCCC1. The van der Waals surface area contributed by atoms with E-state index in [0.717, 1.165) is 43.1 Å². The number of fused-ring (bicyclic) bond motifs is 1. The molecule has 0 radical (unpaired) electrons. The second-order valence-corrected chi connectivity index (χ2v) is 8.42. The standard InChI is InChI=1S/C25H25FN8O2/c1-35-20-6-5-17(10-27)18(22(20)26)12-28-23-19-14-34(32-24(19)31-15-30-23)13-16-9-21(36-2)25(29-11-16)33-7-3-4-8-33/h5-6,9,11,14-15H,3-4,7-8,12-13H2,1-2H3,(H,28,30,31,32). The summed E-state index contributed by atoms with van der Waals surface area (Å²) >= 11 is 0. The van der Waals surface area contributed by atoms with Crippen molar-refractivity contribution in [3.8, 4) is 17.6 Å². The number of nitrogens with one attached hydrogen (secondary N) is 1. The van der Waals surface area contributed by atoms with Gasteiger partial charge in [0, 0.05) is 37.6 Å². The number of rotatable bonds is 8. The average Bonchev–Trinajstić information content (AvgIpc) is 3.58. The molecule has 5 rings (SSSR count). The topological polar surface area (TPSA) is 114 Å². The van der Waals surface area contributed by atoms with Crippen LogP contribution in [0.4, 0.5) is 16.0 Å². The van der Waals surface area contributed by atoms with Gasteiger partial charge in [-0.05, 0) is 36.6 Å². The molecule has 0 saturated carbocycles. The monoisotopic (exact) mass is 488 g/mol. The highest BCUT2D eigenvalue weighted by molar-refractivity contribution is 5.85. The van der Waals surface area contributed by atoms with Crippen molar-refractivity contribution < 1.29 is 13.9 Å². The highest BCUT2D eigenvalue weighted by Crippen LogP contribution is 2.30. The Kier molecular flexibility index (Phi) is 6.49. The van der Waals surface area contributed by atoms with Crippen molar-refractivity contribution in [3.63, 3.8) is 0 Å². The number of nitriles is 1. The van der Waals surface area contributed by atoms with Gasteiger partial charge in [-0.15, -0.1) is 0 Å². The van der Waals surface area contributed by atoms with Gasteiger partial charge < -0.3 is 19.7 Å². The Balaban J connectivity index is 1.38. The van der Waals surface area contributed by atoms with Crippen molar-refractivity contribution in [3.05, 3.63) is 59.4 Å². The zero-order valence-electron chi connectivity index (χ0n) is 20.0. The van der Waals surface area contributed by atoms with E-state index < -0.39 is 5.82 Å². The molecule has 1 fully saturated rings. The first kappa shape index (κ1) is 23.3. The Morgan fingerprint density at radius 1 is 1.11 bits per heavy atom. The molecule has 1 aromatic carbocycles. The number of halogens is 1. The van der Waals surface area contributed by atoms with Crippen molar-refractivity contribution in [2.45, 2.75) is 25.9 Å². The number of hydrogen-bond acceptors (Lipinski definition) is 9. The predicted octanol–water partition coefficient (Wildman–Crippen LogP) is 3.51. The van der Waals surface area contributed by atoms with E-state index in [1.807, 2.05) is 24.5 Å². The van der Waals surface area contributed by atoms with Crippen molar-refractivity contribution in [1.29, 1.82) is 5.26 Å². The van der Waals surface area contributed by atoms with Crippen LogP contribution in [-0.4, -0.2) is 52.0 Å². The van der Waals surface area contributed by atoms with Gasteiger partial charge in [-0.25, -0.2) is 19.3 Å². The van der Waals surface area contributed by atoms with Crippen LogP contribution in [0.1, 0.15) is 29.5 Å². The molecule has 0 atom stereocenters. The Morgan fingerprint density at radius 2 is 1.92 bits per heavy atom. The Labute approximate surface area is 207 Å². The molecule has 1 aliphatic heterocycles. The maximum Gasteiger partial charge on any atom is 0.186 e. The molecule has 0 aliphatic carbocycles. The summed E-state index contributed by atoms with van der Waals surface area (Å²) in [7, 11) is 3.04. The first-order valence-corrected chi connectivity index (χ1v) is 11.6. The smallest absolute Gasteiger partial charge is 0.186 e. The third-order valence-corrected chi connectivity index (χ3v) is 6.20. The first-order valence-electron chi connectivity index (χ1n) is 11.6. The fraction of sp³-hybridized carbons (Fsp3) is 0.320. The average molecular weight is 489 g/mol. The molecule has 0 amide bonds. The normalized spacial score (nSPS) is 13.1. The number of hydrogen-bond donors (Lipinski definition) is 1. The highest BCUT2D eigenvalue weighted by Gasteiger charge is 2.19. The molecular weight excluding hydrogens is 463 g/mol. The van der Waals surface area contributed by atoms with E-state index in [9.17, 15) is 9.65 Å².